The van der Waals surface area contributed by atoms with E-state index in [9.17, 15) is 4.79 Å². The van der Waals surface area contributed by atoms with Crippen LogP contribution in [0.15, 0.2) is 24.3 Å². The van der Waals surface area contributed by atoms with E-state index in [0.717, 1.165) is 25.8 Å². The summed E-state index contributed by atoms with van der Waals surface area (Å²) in [5, 5.41) is 0. The Labute approximate surface area is 123 Å². The van der Waals surface area contributed by atoms with Crippen molar-refractivity contribution in [3.63, 3.8) is 0 Å². The second-order valence-corrected chi connectivity index (χ2v) is 6.52. The second kappa shape index (κ2) is 5.23. The van der Waals surface area contributed by atoms with E-state index in [1.54, 1.807) is 0 Å². The Kier molecular flexibility index (Phi) is 3.95. The molecule has 1 aliphatic carbocycles. The summed E-state index contributed by atoms with van der Waals surface area (Å²) < 4.78 is 0. The summed E-state index contributed by atoms with van der Waals surface area (Å²) in [7, 11) is 0. The van der Waals surface area contributed by atoms with Gasteiger partial charge in [-0.05, 0) is 29.4 Å². The van der Waals surface area contributed by atoms with Crippen molar-refractivity contribution in [3.05, 3.63) is 35.4 Å². The molecule has 1 aromatic carbocycles. The largest absolute Gasteiger partial charge is 0.341 e. The predicted octanol–water partition coefficient (Wildman–Crippen LogP) is 3.78. The first-order chi connectivity index (χ1) is 9.50. The maximum absolute atomic E-state index is 11.3. The molecule has 110 valence electrons. The number of hydrogen-bond acceptors (Lipinski definition) is 1. The smallest absolute Gasteiger partial charge is 0.209 e. The molecule has 2 aliphatic rings. The van der Waals surface area contributed by atoms with Gasteiger partial charge >= 0.3 is 0 Å². The molecular formula is C18H27NO. The number of carbonyl (C=O) groups excluding carboxylic acids is 1. The van der Waals surface area contributed by atoms with Crippen LogP contribution in [0.25, 0.3) is 0 Å². The summed E-state index contributed by atoms with van der Waals surface area (Å²) in [6.45, 7) is 11.9. The topological polar surface area (TPSA) is 20.3 Å². The molecule has 0 aromatic heterocycles. The van der Waals surface area contributed by atoms with E-state index < -0.39 is 0 Å². The van der Waals surface area contributed by atoms with Crippen molar-refractivity contribution in [2.45, 2.75) is 58.9 Å². The highest BCUT2D eigenvalue weighted by atomic mass is 16.1. The van der Waals surface area contributed by atoms with Gasteiger partial charge < -0.3 is 4.90 Å². The van der Waals surface area contributed by atoms with Crippen molar-refractivity contribution in [2.75, 3.05) is 6.54 Å². The highest BCUT2D eigenvalue weighted by molar-refractivity contribution is 5.52. The summed E-state index contributed by atoms with van der Waals surface area (Å²) >= 11 is 0. The number of piperidine rings is 1. The van der Waals surface area contributed by atoms with Crippen LogP contribution >= 0.6 is 0 Å². The van der Waals surface area contributed by atoms with Crippen LogP contribution in [-0.4, -0.2) is 23.9 Å². The Morgan fingerprint density at radius 3 is 2.50 bits per heavy atom. The van der Waals surface area contributed by atoms with Gasteiger partial charge in [0.05, 0.1) is 0 Å². The highest BCUT2D eigenvalue weighted by Gasteiger charge is 2.55. The van der Waals surface area contributed by atoms with Crippen molar-refractivity contribution in [2.24, 2.45) is 5.41 Å². The Morgan fingerprint density at radius 2 is 1.85 bits per heavy atom. The lowest BCUT2D eigenvalue weighted by molar-refractivity contribution is -0.129. The number of likely N-dealkylation sites (tertiary alicyclic amines) is 1. The van der Waals surface area contributed by atoms with Crippen LogP contribution in [0.3, 0.4) is 0 Å². The molecule has 1 fully saturated rings. The lowest BCUT2D eigenvalue weighted by Crippen LogP contribution is -2.63. The van der Waals surface area contributed by atoms with E-state index in [-0.39, 0.29) is 10.8 Å². The first-order valence-electron chi connectivity index (χ1n) is 7.80. The second-order valence-electron chi connectivity index (χ2n) is 6.52. The van der Waals surface area contributed by atoms with Gasteiger partial charge in [0.15, 0.2) is 0 Å². The minimum atomic E-state index is 0.139. The van der Waals surface area contributed by atoms with Crippen molar-refractivity contribution in [3.8, 4) is 0 Å². The van der Waals surface area contributed by atoms with E-state index in [0.29, 0.717) is 6.04 Å². The maximum atomic E-state index is 11.3. The Morgan fingerprint density at radius 1 is 1.20 bits per heavy atom. The molecule has 20 heavy (non-hydrogen) atoms. The van der Waals surface area contributed by atoms with Gasteiger partial charge in [0.2, 0.25) is 6.41 Å². The SMILES string of the molecule is CC.CC1(C)[C@H]2Cc3ccccc3[C@]1(C)CCN2C=O. The number of hydrogen-bond donors (Lipinski definition) is 0. The van der Waals surface area contributed by atoms with E-state index >= 15 is 0 Å². The quantitative estimate of drug-likeness (QED) is 0.713. The molecule has 1 heterocycles. The van der Waals surface area contributed by atoms with Gasteiger partial charge in [0, 0.05) is 18.0 Å². The molecule has 2 heteroatoms. The lowest BCUT2D eigenvalue weighted by Gasteiger charge is -2.60. The van der Waals surface area contributed by atoms with Crippen molar-refractivity contribution >= 4 is 6.41 Å². The monoisotopic (exact) mass is 273 g/mol. The fourth-order valence-corrected chi connectivity index (χ4v) is 4.04. The molecule has 0 saturated carbocycles. The number of fused-ring (bicyclic) bond motifs is 4. The fourth-order valence-electron chi connectivity index (χ4n) is 4.04. The van der Waals surface area contributed by atoms with E-state index in [4.69, 9.17) is 0 Å². The van der Waals surface area contributed by atoms with Gasteiger partial charge in [0.25, 0.3) is 0 Å². The molecule has 1 amide bonds. The number of benzene rings is 1. The minimum Gasteiger partial charge on any atom is -0.341 e. The number of amides is 1. The first kappa shape index (κ1) is 15.1. The van der Waals surface area contributed by atoms with Gasteiger partial charge in [-0.2, -0.15) is 0 Å². The third kappa shape index (κ3) is 1.88. The van der Waals surface area contributed by atoms with E-state index in [2.05, 4.69) is 45.0 Å². The minimum absolute atomic E-state index is 0.139. The zero-order valence-corrected chi connectivity index (χ0v) is 13.4. The van der Waals surface area contributed by atoms with Gasteiger partial charge in [-0.3, -0.25) is 4.79 Å². The number of rotatable bonds is 1. The summed E-state index contributed by atoms with van der Waals surface area (Å²) in [5.74, 6) is 0. The van der Waals surface area contributed by atoms with E-state index in [1.807, 2.05) is 18.7 Å². The zero-order chi connectivity index (χ0) is 15.0. The van der Waals surface area contributed by atoms with Crippen LogP contribution < -0.4 is 0 Å². The standard InChI is InChI=1S/C16H21NO.C2H6/c1-15(2)14-10-12-6-4-5-7-13(12)16(15,3)8-9-17(14)11-18;1-2/h4-7,11,14H,8-10H2,1-3H3;1-2H3/t14-,16+;/m1./s1. The molecule has 1 aliphatic heterocycles. The summed E-state index contributed by atoms with van der Waals surface area (Å²) in [6, 6.07) is 9.10. The molecule has 1 aromatic rings. The van der Waals surface area contributed by atoms with Crippen LogP contribution in [0.2, 0.25) is 0 Å². The number of nitrogens with zero attached hydrogens (tertiary/aromatic N) is 1. The Hall–Kier alpha value is -1.31. The van der Waals surface area contributed by atoms with Crippen molar-refractivity contribution in [1.29, 1.82) is 0 Å². The summed E-state index contributed by atoms with van der Waals surface area (Å²) in [6.07, 6.45) is 3.10. The third-order valence-corrected chi connectivity index (χ3v) is 5.69. The van der Waals surface area contributed by atoms with Gasteiger partial charge in [-0.25, -0.2) is 0 Å². The predicted molar refractivity (Wildman–Crippen MR) is 83.8 cm³/mol. The zero-order valence-electron chi connectivity index (χ0n) is 13.4. The summed E-state index contributed by atoms with van der Waals surface area (Å²) in [5.41, 5.74) is 3.25. The average molecular weight is 273 g/mol. The summed E-state index contributed by atoms with van der Waals surface area (Å²) in [4.78, 5) is 13.3. The normalized spacial score (nSPS) is 29.9. The molecule has 0 spiro atoms. The van der Waals surface area contributed by atoms with Crippen LogP contribution in [0.5, 0.6) is 0 Å². The molecular weight excluding hydrogens is 246 g/mol. The molecule has 0 radical (unpaired) electrons. The van der Waals surface area contributed by atoms with Crippen LogP contribution in [0.1, 0.15) is 52.2 Å². The molecule has 2 bridgehead atoms. The first-order valence-corrected chi connectivity index (χ1v) is 7.80. The van der Waals surface area contributed by atoms with Crippen molar-refractivity contribution < 1.29 is 4.79 Å². The van der Waals surface area contributed by atoms with Gasteiger partial charge in [-0.15, -0.1) is 0 Å². The van der Waals surface area contributed by atoms with Crippen LogP contribution in [0.4, 0.5) is 0 Å². The Balaban J connectivity index is 0.000000704. The fraction of sp³-hybridized carbons (Fsp3) is 0.611. The van der Waals surface area contributed by atoms with Crippen LogP contribution in [-0.2, 0) is 16.6 Å². The highest BCUT2D eigenvalue weighted by Crippen LogP contribution is 2.55. The van der Waals surface area contributed by atoms with Gasteiger partial charge in [-0.1, -0.05) is 58.9 Å². The molecule has 3 rings (SSSR count). The molecule has 0 N–H and O–H groups in total. The van der Waals surface area contributed by atoms with E-state index in [1.165, 1.54) is 11.1 Å². The van der Waals surface area contributed by atoms with Crippen LogP contribution in [0, 0.1) is 5.41 Å². The average Bonchev–Trinajstić information content (AvgIpc) is 2.45. The molecule has 1 saturated heterocycles. The molecule has 0 unspecified atom stereocenters. The molecule has 2 nitrogen and oxygen atoms in total. The Bertz CT molecular complexity index is 494. The maximum Gasteiger partial charge on any atom is 0.209 e. The van der Waals surface area contributed by atoms with Gasteiger partial charge in [0.1, 0.15) is 0 Å². The number of carbonyl (C=O) groups is 1. The lowest BCUT2D eigenvalue weighted by atomic mass is 9.51. The van der Waals surface area contributed by atoms with Crippen molar-refractivity contribution in [1.82, 2.24) is 4.90 Å². The molecule has 2 atom stereocenters. The third-order valence-electron chi connectivity index (χ3n) is 5.69.